The fourth-order valence-electron chi connectivity index (χ4n) is 2.99. The first-order chi connectivity index (χ1) is 12.6. The van der Waals surface area contributed by atoms with Gasteiger partial charge in [-0.3, -0.25) is 9.59 Å². The van der Waals surface area contributed by atoms with Crippen molar-refractivity contribution < 1.29 is 14.3 Å². The van der Waals surface area contributed by atoms with Crippen LogP contribution < -0.4 is 15.4 Å². The molecular weight excluding hydrogens is 420 g/mol. The van der Waals surface area contributed by atoms with Crippen molar-refractivity contribution in [2.45, 2.75) is 44.9 Å². The second kappa shape index (κ2) is 11.4. The lowest BCUT2D eigenvalue weighted by Crippen LogP contribution is -2.38. The predicted octanol–water partition coefficient (Wildman–Crippen LogP) is 4.07. The number of hydrogen-bond acceptors (Lipinski definition) is 3. The van der Waals surface area contributed by atoms with Gasteiger partial charge in [-0.1, -0.05) is 46.8 Å². The highest BCUT2D eigenvalue weighted by Gasteiger charge is 2.20. The molecule has 1 saturated carbocycles. The molecule has 1 aliphatic rings. The lowest BCUT2D eigenvalue weighted by Gasteiger charge is -2.20. The molecule has 7 heteroatoms. The zero-order chi connectivity index (χ0) is 18.8. The SMILES string of the molecule is O=C(CCCOc1ccc(Br)cc1Cl)NCCNC(=O)C1CCCCC1. The monoisotopic (exact) mass is 444 g/mol. The Hall–Kier alpha value is -1.27. The second-order valence-corrected chi connectivity index (χ2v) is 7.83. The summed E-state index contributed by atoms with van der Waals surface area (Å²) in [6, 6.07) is 5.42. The molecule has 0 atom stereocenters. The van der Waals surface area contributed by atoms with Crippen LogP contribution in [0.4, 0.5) is 0 Å². The Morgan fingerprint density at radius 2 is 1.88 bits per heavy atom. The van der Waals surface area contributed by atoms with E-state index >= 15 is 0 Å². The van der Waals surface area contributed by atoms with Gasteiger partial charge in [-0.25, -0.2) is 0 Å². The van der Waals surface area contributed by atoms with Gasteiger partial charge in [-0.2, -0.15) is 0 Å². The van der Waals surface area contributed by atoms with E-state index in [1.165, 1.54) is 6.42 Å². The molecule has 5 nitrogen and oxygen atoms in total. The van der Waals surface area contributed by atoms with E-state index in [2.05, 4.69) is 26.6 Å². The van der Waals surface area contributed by atoms with Gasteiger partial charge in [0.15, 0.2) is 0 Å². The van der Waals surface area contributed by atoms with Crippen LogP contribution in [0.2, 0.25) is 5.02 Å². The molecule has 0 saturated heterocycles. The quantitative estimate of drug-likeness (QED) is 0.563. The molecule has 26 heavy (non-hydrogen) atoms. The Kier molecular flexibility index (Phi) is 9.26. The maximum absolute atomic E-state index is 12.0. The summed E-state index contributed by atoms with van der Waals surface area (Å²) in [5, 5.41) is 6.27. The fourth-order valence-corrected chi connectivity index (χ4v) is 3.72. The van der Waals surface area contributed by atoms with Crippen LogP contribution in [0.1, 0.15) is 44.9 Å². The molecule has 2 N–H and O–H groups in total. The molecule has 0 spiro atoms. The Balaban J connectivity index is 1.51. The minimum atomic E-state index is -0.0394. The van der Waals surface area contributed by atoms with E-state index in [1.807, 2.05) is 6.07 Å². The Morgan fingerprint density at radius 3 is 2.62 bits per heavy atom. The molecule has 1 fully saturated rings. The summed E-state index contributed by atoms with van der Waals surface area (Å²) in [5.41, 5.74) is 0. The van der Waals surface area contributed by atoms with E-state index in [9.17, 15) is 9.59 Å². The summed E-state index contributed by atoms with van der Waals surface area (Å²) in [6.45, 7) is 1.36. The van der Waals surface area contributed by atoms with E-state index in [1.54, 1.807) is 12.1 Å². The van der Waals surface area contributed by atoms with Crippen molar-refractivity contribution in [3.05, 3.63) is 27.7 Å². The molecule has 1 aromatic carbocycles. The van der Waals surface area contributed by atoms with E-state index in [-0.39, 0.29) is 17.7 Å². The van der Waals surface area contributed by atoms with Gasteiger partial charge in [0.2, 0.25) is 11.8 Å². The van der Waals surface area contributed by atoms with E-state index in [4.69, 9.17) is 16.3 Å². The molecule has 0 bridgehead atoms. The number of amides is 2. The van der Waals surface area contributed by atoms with Crippen molar-refractivity contribution in [2.24, 2.45) is 5.92 Å². The summed E-state index contributed by atoms with van der Waals surface area (Å²) in [4.78, 5) is 23.8. The lowest BCUT2D eigenvalue weighted by atomic mass is 9.89. The fraction of sp³-hybridized carbons (Fsp3) is 0.579. The third-order valence-electron chi connectivity index (χ3n) is 4.42. The van der Waals surface area contributed by atoms with Gasteiger partial charge in [0, 0.05) is 29.9 Å². The molecule has 1 aliphatic carbocycles. The van der Waals surface area contributed by atoms with Crippen LogP contribution in [0.5, 0.6) is 5.75 Å². The topological polar surface area (TPSA) is 67.4 Å². The molecule has 2 amide bonds. The van der Waals surface area contributed by atoms with Crippen molar-refractivity contribution in [2.75, 3.05) is 19.7 Å². The third-order valence-corrected chi connectivity index (χ3v) is 5.21. The van der Waals surface area contributed by atoms with Crippen LogP contribution in [-0.4, -0.2) is 31.5 Å². The molecule has 1 aromatic rings. The van der Waals surface area contributed by atoms with Crippen LogP contribution in [0.3, 0.4) is 0 Å². The number of carbonyl (C=O) groups excluding carboxylic acids is 2. The smallest absolute Gasteiger partial charge is 0.223 e. The summed E-state index contributed by atoms with van der Waals surface area (Å²) >= 11 is 9.41. The maximum atomic E-state index is 12.0. The molecule has 0 aromatic heterocycles. The van der Waals surface area contributed by atoms with Crippen LogP contribution in [0.15, 0.2) is 22.7 Å². The van der Waals surface area contributed by atoms with Gasteiger partial charge < -0.3 is 15.4 Å². The van der Waals surface area contributed by atoms with Gasteiger partial charge in [-0.15, -0.1) is 0 Å². The molecule has 0 unspecified atom stereocenters. The molecule has 144 valence electrons. The van der Waals surface area contributed by atoms with Crippen molar-refractivity contribution in [1.29, 1.82) is 0 Å². The minimum Gasteiger partial charge on any atom is -0.492 e. The predicted molar refractivity (Wildman–Crippen MR) is 106 cm³/mol. The molecular formula is C19H26BrClN2O3. The first-order valence-electron chi connectivity index (χ1n) is 9.18. The average Bonchev–Trinajstić information content (AvgIpc) is 2.64. The van der Waals surface area contributed by atoms with Crippen molar-refractivity contribution in [1.82, 2.24) is 10.6 Å². The van der Waals surface area contributed by atoms with Crippen LogP contribution >= 0.6 is 27.5 Å². The second-order valence-electron chi connectivity index (χ2n) is 6.50. The first kappa shape index (κ1) is 21.0. The van der Waals surface area contributed by atoms with Crippen molar-refractivity contribution >= 4 is 39.3 Å². The standard InChI is InChI=1S/C19H26BrClN2O3/c20-15-8-9-17(16(21)13-15)26-12-4-7-18(24)22-10-11-23-19(25)14-5-2-1-3-6-14/h8-9,13-14H,1-7,10-12H2,(H,22,24)(H,23,25). The van der Waals surface area contributed by atoms with Crippen molar-refractivity contribution in [3.63, 3.8) is 0 Å². The van der Waals surface area contributed by atoms with Gasteiger partial charge in [0.25, 0.3) is 0 Å². The summed E-state index contributed by atoms with van der Waals surface area (Å²) in [6.07, 6.45) is 6.47. The Morgan fingerprint density at radius 1 is 1.15 bits per heavy atom. The Labute approximate surface area is 168 Å². The van der Waals surface area contributed by atoms with Crippen LogP contribution in [0.25, 0.3) is 0 Å². The lowest BCUT2D eigenvalue weighted by molar-refractivity contribution is -0.126. The highest BCUT2D eigenvalue weighted by atomic mass is 79.9. The van der Waals surface area contributed by atoms with Gasteiger partial charge >= 0.3 is 0 Å². The van der Waals surface area contributed by atoms with E-state index in [0.29, 0.717) is 43.3 Å². The maximum Gasteiger partial charge on any atom is 0.223 e. The highest BCUT2D eigenvalue weighted by Crippen LogP contribution is 2.27. The molecule has 0 heterocycles. The van der Waals surface area contributed by atoms with Crippen LogP contribution in [0, 0.1) is 5.92 Å². The van der Waals surface area contributed by atoms with Crippen molar-refractivity contribution in [3.8, 4) is 5.75 Å². The number of hydrogen-bond donors (Lipinski definition) is 2. The first-order valence-corrected chi connectivity index (χ1v) is 10.4. The van der Waals surface area contributed by atoms with E-state index < -0.39 is 0 Å². The Bertz CT molecular complexity index is 606. The van der Waals surface area contributed by atoms with Crippen LogP contribution in [-0.2, 0) is 9.59 Å². The summed E-state index contributed by atoms with van der Waals surface area (Å²) in [5.74, 6) is 0.851. The number of ether oxygens (including phenoxy) is 1. The molecule has 2 rings (SSSR count). The molecule has 0 aliphatic heterocycles. The van der Waals surface area contributed by atoms with E-state index in [0.717, 1.165) is 30.2 Å². The number of halogens is 2. The third kappa shape index (κ3) is 7.54. The van der Waals surface area contributed by atoms with Gasteiger partial charge in [-0.05, 0) is 37.5 Å². The number of nitrogens with one attached hydrogen (secondary N) is 2. The highest BCUT2D eigenvalue weighted by molar-refractivity contribution is 9.10. The minimum absolute atomic E-state index is 0.0394. The number of rotatable bonds is 9. The van der Waals surface area contributed by atoms with Gasteiger partial charge in [0.1, 0.15) is 5.75 Å². The number of benzene rings is 1. The zero-order valence-electron chi connectivity index (χ0n) is 14.9. The number of carbonyl (C=O) groups is 2. The summed E-state index contributed by atoms with van der Waals surface area (Å²) < 4.78 is 6.47. The normalized spacial score (nSPS) is 14.7. The largest absolute Gasteiger partial charge is 0.492 e. The van der Waals surface area contributed by atoms with Gasteiger partial charge in [0.05, 0.1) is 11.6 Å². The molecule has 0 radical (unpaired) electrons. The average molecular weight is 446 g/mol. The summed E-state index contributed by atoms with van der Waals surface area (Å²) in [7, 11) is 0. The zero-order valence-corrected chi connectivity index (χ0v) is 17.2.